The first kappa shape index (κ1) is 13.5. The van der Waals surface area contributed by atoms with Gasteiger partial charge in [-0.05, 0) is 36.7 Å². The number of rotatable bonds is 3. The molecule has 0 bridgehead atoms. The summed E-state index contributed by atoms with van der Waals surface area (Å²) in [6, 6.07) is 2.91. The van der Waals surface area contributed by atoms with E-state index in [2.05, 4.69) is 4.98 Å². The lowest BCUT2D eigenvalue weighted by Crippen LogP contribution is -2.42. The number of nitrogens with one attached hydrogen (secondary N) is 1. The quantitative estimate of drug-likeness (QED) is 0.631. The van der Waals surface area contributed by atoms with Crippen LogP contribution in [0.15, 0.2) is 12.1 Å². The fourth-order valence-corrected chi connectivity index (χ4v) is 2.41. The molecule has 1 aromatic heterocycles. The van der Waals surface area contributed by atoms with Crippen LogP contribution >= 0.6 is 0 Å². The highest BCUT2D eigenvalue weighted by Crippen LogP contribution is 2.21. The normalized spacial score (nSPS) is 18.3. The first-order valence-corrected chi connectivity index (χ1v) is 6.37. The van der Waals surface area contributed by atoms with E-state index in [4.69, 9.17) is 5.73 Å². The zero-order valence-electron chi connectivity index (χ0n) is 10.8. The van der Waals surface area contributed by atoms with Crippen molar-refractivity contribution in [3.8, 4) is 0 Å². The third-order valence-electron chi connectivity index (χ3n) is 3.67. The van der Waals surface area contributed by atoms with Crippen molar-refractivity contribution in [2.45, 2.75) is 25.8 Å². The first-order chi connectivity index (χ1) is 8.99. The predicted molar refractivity (Wildman–Crippen MR) is 69.7 cm³/mol. The second-order valence-electron chi connectivity index (χ2n) is 5.00. The summed E-state index contributed by atoms with van der Waals surface area (Å²) in [5.74, 6) is 0.104. The number of carbonyl (C=O) groups is 1. The van der Waals surface area contributed by atoms with Crippen molar-refractivity contribution in [3.05, 3.63) is 27.9 Å². The maximum Gasteiger partial charge on any atom is 0.321 e. The van der Waals surface area contributed by atoms with Gasteiger partial charge in [-0.3, -0.25) is 4.79 Å². The first-order valence-electron chi connectivity index (χ1n) is 6.37. The Kier molecular flexibility index (Phi) is 3.84. The molecule has 1 amide bonds. The molecule has 0 radical (unpaired) electrons. The van der Waals surface area contributed by atoms with E-state index in [0.717, 1.165) is 12.8 Å². The number of hydrogen-bond donors (Lipinski definition) is 2. The van der Waals surface area contributed by atoms with Crippen LogP contribution in [0.3, 0.4) is 0 Å². The largest absolute Gasteiger partial charge is 0.358 e. The number of carbonyl (C=O) groups excluding carboxylic acids is 1. The highest BCUT2D eigenvalue weighted by molar-refractivity contribution is 5.93. The van der Waals surface area contributed by atoms with Crippen LogP contribution in [0.1, 0.15) is 30.3 Å². The third-order valence-corrected chi connectivity index (χ3v) is 3.67. The Balaban J connectivity index is 1.99. The molecule has 1 atom stereocenters. The monoisotopic (exact) mass is 266 g/mol. The van der Waals surface area contributed by atoms with Gasteiger partial charge in [-0.15, -0.1) is 0 Å². The Bertz CT molecular complexity index is 475. The van der Waals surface area contributed by atoms with Gasteiger partial charge in [0.15, 0.2) is 5.69 Å². The van der Waals surface area contributed by atoms with Crippen molar-refractivity contribution in [3.63, 3.8) is 0 Å². The molecule has 7 heteroatoms. The van der Waals surface area contributed by atoms with E-state index in [0.29, 0.717) is 19.0 Å². The van der Waals surface area contributed by atoms with E-state index in [1.165, 1.54) is 12.1 Å². The van der Waals surface area contributed by atoms with Crippen LogP contribution in [0.4, 0.5) is 5.82 Å². The number of H-pyrrole nitrogens is 1. The molecule has 0 aromatic carbocycles. The maximum atomic E-state index is 12.2. The van der Waals surface area contributed by atoms with Gasteiger partial charge in [0.25, 0.3) is 5.91 Å². The smallest absolute Gasteiger partial charge is 0.321 e. The minimum Gasteiger partial charge on any atom is -0.358 e. The van der Waals surface area contributed by atoms with Crippen molar-refractivity contribution in [2.24, 2.45) is 11.7 Å². The number of aromatic amines is 1. The molecule has 19 heavy (non-hydrogen) atoms. The highest BCUT2D eigenvalue weighted by Gasteiger charge is 2.27. The Morgan fingerprint density at radius 2 is 2.16 bits per heavy atom. The summed E-state index contributed by atoms with van der Waals surface area (Å²) < 4.78 is 0. The van der Waals surface area contributed by atoms with E-state index in [9.17, 15) is 14.9 Å². The molecule has 0 saturated carbocycles. The molecule has 1 fully saturated rings. The lowest BCUT2D eigenvalue weighted by Gasteiger charge is -2.33. The second kappa shape index (κ2) is 5.40. The number of amides is 1. The van der Waals surface area contributed by atoms with Crippen molar-refractivity contribution in [1.29, 1.82) is 0 Å². The van der Waals surface area contributed by atoms with Gasteiger partial charge in [0.2, 0.25) is 0 Å². The second-order valence-corrected chi connectivity index (χ2v) is 5.00. The van der Waals surface area contributed by atoms with E-state index in [-0.39, 0.29) is 23.5 Å². The fourth-order valence-electron chi connectivity index (χ4n) is 2.41. The molecule has 2 heterocycles. The summed E-state index contributed by atoms with van der Waals surface area (Å²) in [6.45, 7) is 3.28. The minimum atomic E-state index is -0.543. The zero-order valence-corrected chi connectivity index (χ0v) is 10.8. The van der Waals surface area contributed by atoms with Crippen LogP contribution in [-0.2, 0) is 0 Å². The lowest BCUT2D eigenvalue weighted by atomic mass is 9.91. The van der Waals surface area contributed by atoms with Gasteiger partial charge in [0, 0.05) is 25.2 Å². The number of likely N-dealkylation sites (tertiary alicyclic amines) is 1. The summed E-state index contributed by atoms with van der Waals surface area (Å²) in [5, 5.41) is 10.6. The van der Waals surface area contributed by atoms with Crippen LogP contribution in [0, 0.1) is 16.0 Å². The molecule has 0 aliphatic carbocycles. The van der Waals surface area contributed by atoms with Gasteiger partial charge in [-0.1, -0.05) is 0 Å². The number of aromatic nitrogens is 1. The summed E-state index contributed by atoms with van der Waals surface area (Å²) in [5.41, 5.74) is 6.12. The Hall–Kier alpha value is -1.89. The van der Waals surface area contributed by atoms with Crippen LogP contribution in [0.5, 0.6) is 0 Å². The molecular weight excluding hydrogens is 248 g/mol. The van der Waals surface area contributed by atoms with E-state index >= 15 is 0 Å². The highest BCUT2D eigenvalue weighted by atomic mass is 16.6. The molecule has 1 aliphatic heterocycles. The standard InChI is InChI=1S/C12H18N4O3/c1-8(13)9-4-6-15(7-5-9)12(17)10-2-3-11(14-10)16(18)19/h2-3,8-9,14H,4-7,13H2,1H3. The topological polar surface area (TPSA) is 105 Å². The molecule has 3 N–H and O–H groups in total. The molecule has 1 aromatic rings. The summed E-state index contributed by atoms with van der Waals surface area (Å²) in [4.78, 5) is 26.4. The average Bonchev–Trinajstić information content (AvgIpc) is 2.87. The molecule has 1 saturated heterocycles. The zero-order chi connectivity index (χ0) is 14.0. The predicted octanol–water partition coefficient (Wildman–Crippen LogP) is 1.12. The summed E-state index contributed by atoms with van der Waals surface area (Å²) >= 11 is 0. The summed E-state index contributed by atoms with van der Waals surface area (Å²) in [6.07, 6.45) is 1.76. The van der Waals surface area contributed by atoms with Gasteiger partial charge in [-0.2, -0.15) is 0 Å². The number of nitro groups is 1. The molecule has 7 nitrogen and oxygen atoms in total. The van der Waals surface area contributed by atoms with Crippen LogP contribution in [0.25, 0.3) is 0 Å². The van der Waals surface area contributed by atoms with Crippen LogP contribution in [-0.4, -0.2) is 39.8 Å². The number of hydrogen-bond acceptors (Lipinski definition) is 4. The van der Waals surface area contributed by atoms with Crippen molar-refractivity contribution >= 4 is 11.7 Å². The Morgan fingerprint density at radius 3 is 2.63 bits per heavy atom. The van der Waals surface area contributed by atoms with Crippen LogP contribution < -0.4 is 5.73 Å². The van der Waals surface area contributed by atoms with Gasteiger partial charge >= 0.3 is 5.82 Å². The maximum absolute atomic E-state index is 12.2. The number of nitrogens with zero attached hydrogens (tertiary/aromatic N) is 2. The van der Waals surface area contributed by atoms with E-state index in [1.807, 2.05) is 6.92 Å². The molecule has 2 rings (SSSR count). The van der Waals surface area contributed by atoms with Gasteiger partial charge in [0.05, 0.1) is 0 Å². The van der Waals surface area contributed by atoms with Crippen LogP contribution in [0.2, 0.25) is 0 Å². The average molecular weight is 266 g/mol. The van der Waals surface area contributed by atoms with E-state index < -0.39 is 4.92 Å². The van der Waals surface area contributed by atoms with Gasteiger partial charge < -0.3 is 20.7 Å². The van der Waals surface area contributed by atoms with Crippen molar-refractivity contribution in [2.75, 3.05) is 13.1 Å². The van der Waals surface area contributed by atoms with E-state index in [1.54, 1.807) is 4.90 Å². The molecule has 0 spiro atoms. The SMILES string of the molecule is CC(N)C1CCN(C(=O)c2ccc([N+](=O)[O-])[nH]2)CC1. The Morgan fingerprint density at radius 1 is 1.53 bits per heavy atom. The summed E-state index contributed by atoms with van der Waals surface area (Å²) in [7, 11) is 0. The minimum absolute atomic E-state index is 0.142. The van der Waals surface area contributed by atoms with Crippen molar-refractivity contribution in [1.82, 2.24) is 9.88 Å². The number of piperidine rings is 1. The van der Waals surface area contributed by atoms with Crippen molar-refractivity contribution < 1.29 is 9.72 Å². The third kappa shape index (κ3) is 2.93. The van der Waals surface area contributed by atoms with Gasteiger partial charge in [0.1, 0.15) is 0 Å². The number of nitrogens with two attached hydrogens (primary N) is 1. The van der Waals surface area contributed by atoms with Gasteiger partial charge in [-0.25, -0.2) is 4.98 Å². The Labute approximate surface area is 110 Å². The molecule has 1 aliphatic rings. The molecule has 104 valence electrons. The molecular formula is C12H18N4O3. The fraction of sp³-hybridized carbons (Fsp3) is 0.583. The lowest BCUT2D eigenvalue weighted by molar-refractivity contribution is -0.389. The molecule has 1 unspecified atom stereocenters.